The van der Waals surface area contributed by atoms with E-state index >= 15 is 0 Å². The highest BCUT2D eigenvalue weighted by atomic mass is 35.5. The van der Waals surface area contributed by atoms with Gasteiger partial charge in [-0.05, 0) is 35.5 Å². The van der Waals surface area contributed by atoms with Crippen molar-refractivity contribution in [2.24, 2.45) is 0 Å². The molecule has 1 aliphatic rings. The summed E-state index contributed by atoms with van der Waals surface area (Å²) in [6, 6.07) is 9.77. The molecular weight excluding hydrogens is 383 g/mol. The van der Waals surface area contributed by atoms with Gasteiger partial charge in [0.05, 0.1) is 16.4 Å². The first-order valence-corrected chi connectivity index (χ1v) is 8.49. The molecule has 26 heavy (non-hydrogen) atoms. The van der Waals surface area contributed by atoms with Crippen LogP contribution < -0.4 is 0 Å². The van der Waals surface area contributed by atoms with E-state index in [4.69, 9.17) is 11.6 Å². The van der Waals surface area contributed by atoms with Crippen LogP contribution in [0.15, 0.2) is 47.4 Å². The Morgan fingerprint density at radius 2 is 1.96 bits per heavy atom. The highest BCUT2D eigenvalue weighted by Gasteiger charge is 2.35. The van der Waals surface area contributed by atoms with E-state index in [-0.39, 0.29) is 27.7 Å². The van der Waals surface area contributed by atoms with Crippen LogP contribution in [-0.2, 0) is 11.3 Å². The normalized spacial score (nSPS) is 15.8. The molecule has 1 fully saturated rings. The maximum Gasteiger partial charge on any atom is 0.293 e. The standard InChI is InChI=1S/C17H10ClFN2O4S/c18-13-5-2-6-14(19)12(13)9-20-16(22)15(26-17(20)23)8-10-3-1-4-11(7-10)21(24)25/h1-8H,9H2. The van der Waals surface area contributed by atoms with Crippen LogP contribution in [0.3, 0.4) is 0 Å². The van der Waals surface area contributed by atoms with Gasteiger partial charge >= 0.3 is 0 Å². The number of benzene rings is 2. The number of hydrogen-bond donors (Lipinski definition) is 0. The number of non-ortho nitro benzene ring substituents is 1. The summed E-state index contributed by atoms with van der Waals surface area (Å²) in [7, 11) is 0. The van der Waals surface area contributed by atoms with Crippen LogP contribution in [0.1, 0.15) is 11.1 Å². The summed E-state index contributed by atoms with van der Waals surface area (Å²) in [5, 5.41) is 10.4. The molecule has 0 bridgehead atoms. The van der Waals surface area contributed by atoms with Crippen molar-refractivity contribution in [3.63, 3.8) is 0 Å². The lowest BCUT2D eigenvalue weighted by molar-refractivity contribution is -0.384. The van der Waals surface area contributed by atoms with Crippen molar-refractivity contribution in [2.45, 2.75) is 6.54 Å². The molecule has 0 aromatic heterocycles. The lowest BCUT2D eigenvalue weighted by atomic mass is 10.1. The first-order valence-electron chi connectivity index (χ1n) is 7.29. The molecule has 1 saturated heterocycles. The van der Waals surface area contributed by atoms with E-state index in [2.05, 4.69) is 0 Å². The van der Waals surface area contributed by atoms with E-state index in [0.29, 0.717) is 17.3 Å². The largest absolute Gasteiger partial charge is 0.293 e. The summed E-state index contributed by atoms with van der Waals surface area (Å²) < 4.78 is 13.9. The molecule has 0 radical (unpaired) electrons. The summed E-state index contributed by atoms with van der Waals surface area (Å²) in [5.74, 6) is -1.22. The van der Waals surface area contributed by atoms with E-state index in [1.54, 1.807) is 6.07 Å². The first kappa shape index (κ1) is 18.1. The molecule has 0 saturated carbocycles. The zero-order valence-electron chi connectivity index (χ0n) is 13.0. The van der Waals surface area contributed by atoms with Gasteiger partial charge in [0, 0.05) is 22.7 Å². The fraction of sp³-hybridized carbons (Fsp3) is 0.0588. The van der Waals surface area contributed by atoms with Crippen LogP contribution in [0, 0.1) is 15.9 Å². The Labute approximate surface area is 156 Å². The van der Waals surface area contributed by atoms with Crippen molar-refractivity contribution in [2.75, 3.05) is 0 Å². The Morgan fingerprint density at radius 3 is 2.65 bits per heavy atom. The zero-order valence-corrected chi connectivity index (χ0v) is 14.6. The highest BCUT2D eigenvalue weighted by molar-refractivity contribution is 8.18. The minimum atomic E-state index is -0.612. The SMILES string of the molecule is O=C1SC(=Cc2cccc([N+](=O)[O-])c2)C(=O)N1Cc1c(F)cccc1Cl. The summed E-state index contributed by atoms with van der Waals surface area (Å²) in [4.78, 5) is 35.9. The van der Waals surface area contributed by atoms with Crippen LogP contribution in [-0.4, -0.2) is 21.0 Å². The van der Waals surface area contributed by atoms with Crippen molar-refractivity contribution in [3.8, 4) is 0 Å². The lowest BCUT2D eigenvalue weighted by Crippen LogP contribution is -2.28. The van der Waals surface area contributed by atoms with Crippen molar-refractivity contribution >= 4 is 46.3 Å². The second kappa shape index (κ2) is 7.27. The van der Waals surface area contributed by atoms with Crippen molar-refractivity contribution in [3.05, 3.63) is 79.5 Å². The number of imide groups is 1. The third-order valence-electron chi connectivity index (χ3n) is 3.63. The molecule has 9 heteroatoms. The minimum absolute atomic E-state index is 0.0491. The van der Waals surface area contributed by atoms with Crippen molar-refractivity contribution < 1.29 is 18.9 Å². The summed E-state index contributed by atoms with van der Waals surface area (Å²) >= 11 is 6.63. The Morgan fingerprint density at radius 1 is 1.23 bits per heavy atom. The van der Waals surface area contributed by atoms with E-state index in [1.807, 2.05) is 0 Å². The maximum atomic E-state index is 13.9. The molecule has 0 aliphatic carbocycles. The first-order chi connectivity index (χ1) is 12.4. The third-order valence-corrected chi connectivity index (χ3v) is 4.89. The van der Waals surface area contributed by atoms with Gasteiger partial charge in [0.15, 0.2) is 0 Å². The minimum Gasteiger partial charge on any atom is -0.268 e. The molecule has 2 aromatic rings. The van der Waals surface area contributed by atoms with Gasteiger partial charge in [-0.15, -0.1) is 0 Å². The van der Waals surface area contributed by atoms with Gasteiger partial charge in [0.1, 0.15) is 5.82 Å². The van der Waals surface area contributed by atoms with E-state index in [9.17, 15) is 24.1 Å². The quantitative estimate of drug-likeness (QED) is 0.430. The zero-order chi connectivity index (χ0) is 18.8. The van der Waals surface area contributed by atoms with E-state index < -0.39 is 21.9 Å². The second-order valence-corrected chi connectivity index (χ2v) is 6.72. The summed E-state index contributed by atoms with van der Waals surface area (Å²) in [5.41, 5.74) is 0.331. The number of hydrogen-bond acceptors (Lipinski definition) is 5. The Kier molecular flexibility index (Phi) is 5.06. The van der Waals surface area contributed by atoms with Crippen LogP contribution in [0.2, 0.25) is 5.02 Å². The topological polar surface area (TPSA) is 80.5 Å². The van der Waals surface area contributed by atoms with Gasteiger partial charge in [0.2, 0.25) is 0 Å². The van der Waals surface area contributed by atoms with Gasteiger partial charge in [-0.2, -0.15) is 0 Å². The Balaban J connectivity index is 1.87. The maximum absolute atomic E-state index is 13.9. The fourth-order valence-corrected chi connectivity index (χ4v) is 3.42. The third kappa shape index (κ3) is 3.61. The number of halogens is 2. The average Bonchev–Trinajstić information content (AvgIpc) is 2.85. The monoisotopic (exact) mass is 392 g/mol. The molecule has 2 amide bonds. The van der Waals surface area contributed by atoms with Gasteiger partial charge < -0.3 is 0 Å². The molecule has 0 unspecified atom stereocenters. The molecule has 3 rings (SSSR count). The Hall–Kier alpha value is -2.71. The van der Waals surface area contributed by atoms with Gasteiger partial charge in [0.25, 0.3) is 16.8 Å². The number of amides is 2. The number of nitro benzene ring substituents is 1. The summed E-state index contributed by atoms with van der Waals surface area (Å²) in [6.07, 6.45) is 1.39. The Bertz CT molecular complexity index is 943. The number of thioether (sulfide) groups is 1. The molecule has 132 valence electrons. The second-order valence-electron chi connectivity index (χ2n) is 5.32. The fourth-order valence-electron chi connectivity index (χ4n) is 2.36. The van der Waals surface area contributed by atoms with Crippen LogP contribution in [0.5, 0.6) is 0 Å². The van der Waals surface area contributed by atoms with Gasteiger partial charge in [-0.1, -0.05) is 29.8 Å². The average molecular weight is 393 g/mol. The molecule has 1 aliphatic heterocycles. The number of carbonyl (C=O) groups excluding carboxylic acids is 2. The molecule has 2 aromatic carbocycles. The van der Waals surface area contributed by atoms with Crippen molar-refractivity contribution in [1.29, 1.82) is 0 Å². The molecule has 0 atom stereocenters. The number of carbonyl (C=O) groups is 2. The predicted octanol–water partition coefficient (Wildman–Crippen LogP) is 4.62. The van der Waals surface area contributed by atoms with E-state index in [1.165, 1.54) is 42.5 Å². The molecule has 0 N–H and O–H groups in total. The van der Waals surface area contributed by atoms with Crippen LogP contribution in [0.4, 0.5) is 14.9 Å². The lowest BCUT2D eigenvalue weighted by Gasteiger charge is -2.14. The molecule has 1 heterocycles. The van der Waals surface area contributed by atoms with Crippen LogP contribution in [0.25, 0.3) is 6.08 Å². The van der Waals surface area contributed by atoms with Gasteiger partial charge in [-0.25, -0.2) is 4.39 Å². The number of nitrogens with zero attached hydrogens (tertiary/aromatic N) is 2. The number of rotatable bonds is 4. The van der Waals surface area contributed by atoms with Crippen LogP contribution >= 0.6 is 23.4 Å². The number of nitro groups is 1. The highest BCUT2D eigenvalue weighted by Crippen LogP contribution is 2.34. The van der Waals surface area contributed by atoms with Crippen molar-refractivity contribution in [1.82, 2.24) is 4.90 Å². The predicted molar refractivity (Wildman–Crippen MR) is 96.0 cm³/mol. The molecular formula is C17H10ClFN2O4S. The molecule has 6 nitrogen and oxygen atoms in total. The molecule has 0 spiro atoms. The van der Waals surface area contributed by atoms with E-state index in [0.717, 1.165) is 4.90 Å². The smallest absolute Gasteiger partial charge is 0.268 e. The summed E-state index contributed by atoms with van der Waals surface area (Å²) in [6.45, 7) is -0.289. The van der Waals surface area contributed by atoms with Gasteiger partial charge in [-0.3, -0.25) is 24.6 Å².